The lowest BCUT2D eigenvalue weighted by molar-refractivity contribution is -0.873. The maximum absolute atomic E-state index is 12.2. The SMILES string of the molecule is C[N+](C)(C)CC(CC(=O)O)OC(=O)Cc1c[nH]c2ccccc12. The van der Waals surface area contributed by atoms with Gasteiger partial charge in [-0.05, 0) is 11.6 Å². The van der Waals surface area contributed by atoms with E-state index in [9.17, 15) is 9.59 Å². The molecule has 23 heavy (non-hydrogen) atoms. The summed E-state index contributed by atoms with van der Waals surface area (Å²) in [5.74, 6) is -1.38. The van der Waals surface area contributed by atoms with Crippen LogP contribution < -0.4 is 0 Å². The average Bonchev–Trinajstić information content (AvgIpc) is 2.79. The number of nitrogens with one attached hydrogen (secondary N) is 1. The first-order valence-corrected chi connectivity index (χ1v) is 7.51. The average molecular weight is 319 g/mol. The van der Waals surface area contributed by atoms with Gasteiger partial charge in [-0.1, -0.05) is 18.2 Å². The topological polar surface area (TPSA) is 79.4 Å². The van der Waals surface area contributed by atoms with Gasteiger partial charge in [0.05, 0.1) is 34.0 Å². The Morgan fingerprint density at radius 3 is 2.61 bits per heavy atom. The van der Waals surface area contributed by atoms with Crippen LogP contribution >= 0.6 is 0 Å². The van der Waals surface area contributed by atoms with Gasteiger partial charge in [-0.2, -0.15) is 0 Å². The van der Waals surface area contributed by atoms with Crippen molar-refractivity contribution in [1.82, 2.24) is 4.98 Å². The summed E-state index contributed by atoms with van der Waals surface area (Å²) in [4.78, 5) is 26.3. The Morgan fingerprint density at radius 2 is 1.96 bits per heavy atom. The van der Waals surface area contributed by atoms with Crippen molar-refractivity contribution in [3.8, 4) is 0 Å². The molecule has 2 rings (SSSR count). The van der Waals surface area contributed by atoms with Gasteiger partial charge < -0.3 is 19.3 Å². The van der Waals surface area contributed by atoms with Crippen molar-refractivity contribution in [1.29, 1.82) is 0 Å². The summed E-state index contributed by atoms with van der Waals surface area (Å²) in [5.41, 5.74) is 1.81. The Bertz CT molecular complexity index is 700. The number of esters is 1. The second-order valence-electron chi connectivity index (χ2n) is 6.72. The summed E-state index contributed by atoms with van der Waals surface area (Å²) in [7, 11) is 5.80. The Balaban J connectivity index is 2.05. The van der Waals surface area contributed by atoms with Crippen LogP contribution in [0.25, 0.3) is 10.9 Å². The van der Waals surface area contributed by atoms with E-state index < -0.39 is 18.0 Å². The predicted octanol–water partition coefficient (Wildman–Crippen LogP) is 1.80. The first kappa shape index (κ1) is 17.0. The highest BCUT2D eigenvalue weighted by Crippen LogP contribution is 2.19. The number of likely N-dealkylation sites (N-methyl/N-ethyl adjacent to an activating group) is 1. The fraction of sp³-hybridized carbons (Fsp3) is 0.412. The normalized spacial score (nSPS) is 13.0. The van der Waals surface area contributed by atoms with E-state index in [1.165, 1.54) is 0 Å². The van der Waals surface area contributed by atoms with Crippen LogP contribution in [0.1, 0.15) is 12.0 Å². The van der Waals surface area contributed by atoms with Gasteiger partial charge >= 0.3 is 11.9 Å². The Hall–Kier alpha value is -2.34. The van der Waals surface area contributed by atoms with Crippen molar-refractivity contribution in [2.75, 3.05) is 27.7 Å². The van der Waals surface area contributed by atoms with E-state index >= 15 is 0 Å². The zero-order chi connectivity index (χ0) is 17.0. The number of hydrogen-bond acceptors (Lipinski definition) is 3. The van der Waals surface area contributed by atoms with Crippen LogP contribution in [0.15, 0.2) is 30.5 Å². The fourth-order valence-corrected chi connectivity index (χ4v) is 2.61. The molecule has 1 aromatic heterocycles. The van der Waals surface area contributed by atoms with Gasteiger partial charge in [0.25, 0.3) is 0 Å². The molecule has 6 nitrogen and oxygen atoms in total. The molecule has 0 bridgehead atoms. The van der Waals surface area contributed by atoms with Crippen LogP contribution in [0, 0.1) is 0 Å². The Morgan fingerprint density at radius 1 is 1.26 bits per heavy atom. The minimum Gasteiger partial charge on any atom is -0.481 e. The monoisotopic (exact) mass is 319 g/mol. The molecule has 124 valence electrons. The molecular formula is C17H23N2O4+. The third-order valence-electron chi connectivity index (χ3n) is 3.46. The summed E-state index contributed by atoms with van der Waals surface area (Å²) in [6.45, 7) is 0.450. The maximum atomic E-state index is 12.2. The third kappa shape index (κ3) is 5.10. The smallest absolute Gasteiger partial charge is 0.310 e. The van der Waals surface area contributed by atoms with Gasteiger partial charge in [0, 0.05) is 17.1 Å². The van der Waals surface area contributed by atoms with Gasteiger partial charge in [0.1, 0.15) is 6.54 Å². The van der Waals surface area contributed by atoms with Crippen LogP contribution in [-0.4, -0.2) is 60.3 Å². The molecule has 2 aromatic rings. The van der Waals surface area contributed by atoms with Gasteiger partial charge in [0.2, 0.25) is 0 Å². The van der Waals surface area contributed by atoms with Crippen LogP contribution in [0.2, 0.25) is 0 Å². The van der Waals surface area contributed by atoms with Gasteiger partial charge in [-0.25, -0.2) is 0 Å². The largest absolute Gasteiger partial charge is 0.481 e. The van der Waals surface area contributed by atoms with Crippen LogP contribution in [0.5, 0.6) is 0 Å². The van der Waals surface area contributed by atoms with Crippen LogP contribution in [-0.2, 0) is 20.7 Å². The third-order valence-corrected chi connectivity index (χ3v) is 3.46. The molecule has 0 aliphatic rings. The number of aliphatic carboxylic acids is 1. The minimum absolute atomic E-state index is 0.122. The minimum atomic E-state index is -0.969. The second kappa shape index (κ2) is 6.83. The molecule has 1 aromatic carbocycles. The van der Waals surface area contributed by atoms with Crippen molar-refractivity contribution in [3.63, 3.8) is 0 Å². The van der Waals surface area contributed by atoms with Crippen molar-refractivity contribution >= 4 is 22.8 Å². The van der Waals surface area contributed by atoms with E-state index in [1.54, 1.807) is 6.20 Å². The molecule has 0 radical (unpaired) electrons. The fourth-order valence-electron chi connectivity index (χ4n) is 2.61. The van der Waals surface area contributed by atoms with Crippen LogP contribution in [0.3, 0.4) is 0 Å². The highest BCUT2D eigenvalue weighted by molar-refractivity contribution is 5.87. The van der Waals surface area contributed by atoms with Gasteiger partial charge in [-0.3, -0.25) is 9.59 Å². The quantitative estimate of drug-likeness (QED) is 0.602. The Labute approximate surface area is 135 Å². The van der Waals surface area contributed by atoms with Crippen LogP contribution in [0.4, 0.5) is 0 Å². The molecule has 1 unspecified atom stereocenters. The number of hydrogen-bond donors (Lipinski definition) is 2. The summed E-state index contributed by atoms with van der Waals surface area (Å²) >= 11 is 0. The van der Waals surface area contributed by atoms with Gasteiger partial charge in [0.15, 0.2) is 6.10 Å². The standard InChI is InChI=1S/C17H22N2O4/c1-19(2,3)11-13(9-16(20)21)23-17(22)8-12-10-18-15-7-5-4-6-14(12)15/h4-7,10,13,18H,8-9,11H2,1-3H3/p+1. The number of para-hydroxylation sites is 1. The first-order valence-electron chi connectivity index (χ1n) is 7.51. The lowest BCUT2D eigenvalue weighted by Crippen LogP contribution is -2.44. The molecule has 0 spiro atoms. The summed E-state index contributed by atoms with van der Waals surface area (Å²) in [5, 5.41) is 9.97. The van der Waals surface area contributed by atoms with Gasteiger partial charge in [-0.15, -0.1) is 0 Å². The van der Waals surface area contributed by atoms with Crippen molar-refractivity contribution in [3.05, 3.63) is 36.0 Å². The number of fused-ring (bicyclic) bond motifs is 1. The molecule has 0 aliphatic heterocycles. The molecule has 0 amide bonds. The zero-order valence-electron chi connectivity index (χ0n) is 13.7. The lowest BCUT2D eigenvalue weighted by atomic mass is 10.1. The molecule has 6 heteroatoms. The number of H-pyrrole nitrogens is 1. The molecule has 0 fully saturated rings. The number of rotatable bonds is 7. The van der Waals surface area contributed by atoms with E-state index in [2.05, 4.69) is 4.98 Å². The van der Waals surface area contributed by atoms with E-state index in [0.29, 0.717) is 11.0 Å². The Kier molecular flexibility index (Phi) is 5.05. The molecular weight excluding hydrogens is 296 g/mol. The summed E-state index contributed by atoms with van der Waals surface area (Å²) in [6.07, 6.45) is 1.09. The van der Waals surface area contributed by atoms with Crippen molar-refractivity contribution in [2.45, 2.75) is 18.9 Å². The number of carboxylic acid groups (broad SMARTS) is 1. The number of aromatic amines is 1. The predicted molar refractivity (Wildman–Crippen MR) is 87.0 cm³/mol. The maximum Gasteiger partial charge on any atom is 0.310 e. The summed E-state index contributed by atoms with van der Waals surface area (Å²) in [6, 6.07) is 7.71. The summed E-state index contributed by atoms with van der Waals surface area (Å²) < 4.78 is 5.94. The number of quaternary nitrogens is 1. The molecule has 2 N–H and O–H groups in total. The van der Waals surface area contributed by atoms with E-state index in [4.69, 9.17) is 9.84 Å². The van der Waals surface area contributed by atoms with Crippen molar-refractivity contribution < 1.29 is 23.9 Å². The highest BCUT2D eigenvalue weighted by atomic mass is 16.5. The van der Waals surface area contributed by atoms with Crippen molar-refractivity contribution in [2.24, 2.45) is 0 Å². The number of benzene rings is 1. The molecule has 0 saturated heterocycles. The van der Waals surface area contributed by atoms with E-state index in [1.807, 2.05) is 45.4 Å². The molecule has 1 atom stereocenters. The second-order valence-corrected chi connectivity index (χ2v) is 6.72. The highest BCUT2D eigenvalue weighted by Gasteiger charge is 2.25. The number of nitrogens with zero attached hydrogens (tertiary/aromatic N) is 1. The zero-order valence-corrected chi connectivity index (χ0v) is 13.7. The molecule has 0 saturated carbocycles. The number of carboxylic acids is 1. The number of carbonyl (C=O) groups excluding carboxylic acids is 1. The number of aromatic nitrogens is 1. The number of ether oxygens (including phenoxy) is 1. The lowest BCUT2D eigenvalue weighted by Gasteiger charge is -2.28. The first-order chi connectivity index (χ1) is 10.7. The van der Waals surface area contributed by atoms with E-state index in [0.717, 1.165) is 16.5 Å². The molecule has 0 aliphatic carbocycles. The number of carbonyl (C=O) groups is 2. The molecule has 1 heterocycles. The van der Waals surface area contributed by atoms with E-state index in [-0.39, 0.29) is 12.8 Å².